The van der Waals surface area contributed by atoms with Gasteiger partial charge in [0.1, 0.15) is 11.2 Å². The van der Waals surface area contributed by atoms with Crippen molar-refractivity contribution < 1.29 is 9.15 Å². The fraction of sp³-hybridized carbons (Fsp3) is 0.364. The molecule has 4 aromatic rings. The highest BCUT2D eigenvalue weighted by molar-refractivity contribution is 5.80. The molecule has 5 rings (SSSR count). The summed E-state index contributed by atoms with van der Waals surface area (Å²) in [6, 6.07) is 9.89. The third-order valence-corrected chi connectivity index (χ3v) is 6.04. The average Bonchev–Trinajstić information content (AvgIpc) is 3.48. The maximum absolute atomic E-state index is 13.4. The number of nitrogens with zero attached hydrogens (tertiary/aromatic N) is 4. The molecular formula is C22H23N5O3. The molecule has 0 spiro atoms. The number of hydrogen-bond acceptors (Lipinski definition) is 6. The molecule has 8 nitrogen and oxygen atoms in total. The molecule has 0 amide bonds. The molecule has 1 saturated carbocycles. The van der Waals surface area contributed by atoms with Crippen molar-refractivity contribution in [2.75, 3.05) is 7.11 Å². The third-order valence-electron chi connectivity index (χ3n) is 6.04. The van der Waals surface area contributed by atoms with Crippen LogP contribution in [0.3, 0.4) is 0 Å². The Balaban J connectivity index is 1.66. The van der Waals surface area contributed by atoms with E-state index in [0.29, 0.717) is 22.8 Å². The first-order valence-electron chi connectivity index (χ1n) is 10.1. The number of hydrogen-bond donors (Lipinski definition) is 1. The van der Waals surface area contributed by atoms with Gasteiger partial charge in [-0.15, -0.1) is 10.2 Å². The number of nitrogens with one attached hydrogen (secondary N) is 1. The van der Waals surface area contributed by atoms with Gasteiger partial charge in [-0.05, 0) is 45.1 Å². The van der Waals surface area contributed by atoms with Gasteiger partial charge in [-0.3, -0.25) is 9.89 Å². The number of benzene rings is 1. The topological polar surface area (TPSA) is 98.3 Å². The fourth-order valence-electron chi connectivity index (χ4n) is 4.45. The second-order valence-electron chi connectivity index (χ2n) is 7.83. The van der Waals surface area contributed by atoms with Gasteiger partial charge in [0.2, 0.25) is 5.89 Å². The lowest BCUT2D eigenvalue weighted by molar-refractivity contribution is -0.0303. The van der Waals surface area contributed by atoms with Crippen LogP contribution in [0.5, 0.6) is 0 Å². The van der Waals surface area contributed by atoms with Crippen LogP contribution in [0.2, 0.25) is 0 Å². The van der Waals surface area contributed by atoms with Crippen molar-refractivity contribution in [3.8, 4) is 22.6 Å². The van der Waals surface area contributed by atoms with Crippen molar-refractivity contribution >= 4 is 5.65 Å². The highest BCUT2D eigenvalue weighted by atomic mass is 16.5. The zero-order valence-corrected chi connectivity index (χ0v) is 17.2. The Morgan fingerprint density at radius 3 is 2.53 bits per heavy atom. The quantitative estimate of drug-likeness (QED) is 0.555. The summed E-state index contributed by atoms with van der Waals surface area (Å²) in [6.07, 6.45) is 3.75. The van der Waals surface area contributed by atoms with Gasteiger partial charge >= 0.3 is 0 Å². The summed E-state index contributed by atoms with van der Waals surface area (Å²) >= 11 is 0. The lowest BCUT2D eigenvalue weighted by Gasteiger charge is -2.22. The van der Waals surface area contributed by atoms with Crippen LogP contribution >= 0.6 is 0 Å². The molecule has 0 radical (unpaired) electrons. The number of aryl methyl sites for hydroxylation is 2. The molecule has 0 bridgehead atoms. The van der Waals surface area contributed by atoms with Gasteiger partial charge in [0.25, 0.3) is 11.4 Å². The Morgan fingerprint density at radius 1 is 1.10 bits per heavy atom. The second kappa shape index (κ2) is 6.91. The van der Waals surface area contributed by atoms with Crippen molar-refractivity contribution in [2.24, 2.45) is 0 Å². The molecule has 3 heterocycles. The average molecular weight is 405 g/mol. The highest BCUT2D eigenvalue weighted by Gasteiger charge is 2.41. The number of rotatable bonds is 4. The predicted molar refractivity (Wildman–Crippen MR) is 111 cm³/mol. The van der Waals surface area contributed by atoms with Gasteiger partial charge < -0.3 is 9.15 Å². The Kier molecular flexibility index (Phi) is 4.32. The van der Waals surface area contributed by atoms with E-state index < -0.39 is 5.60 Å². The van der Waals surface area contributed by atoms with Crippen LogP contribution in [0, 0.1) is 13.8 Å². The number of aromatic amines is 1. The van der Waals surface area contributed by atoms with Gasteiger partial charge in [-0.25, -0.2) is 9.50 Å². The number of H-pyrrole nitrogens is 1. The van der Waals surface area contributed by atoms with Crippen molar-refractivity contribution in [3.63, 3.8) is 0 Å². The molecular weight excluding hydrogens is 382 g/mol. The van der Waals surface area contributed by atoms with Crippen LogP contribution in [0.25, 0.3) is 28.2 Å². The predicted octanol–water partition coefficient (Wildman–Crippen LogP) is 3.77. The molecule has 1 fully saturated rings. The van der Waals surface area contributed by atoms with Gasteiger partial charge in [0.15, 0.2) is 5.65 Å². The maximum atomic E-state index is 13.4. The number of fused-ring (bicyclic) bond motifs is 1. The van der Waals surface area contributed by atoms with Gasteiger partial charge in [-0.2, -0.15) is 0 Å². The first-order valence-corrected chi connectivity index (χ1v) is 10.1. The number of methoxy groups -OCH3 is 1. The van der Waals surface area contributed by atoms with E-state index in [2.05, 4.69) is 15.3 Å². The summed E-state index contributed by atoms with van der Waals surface area (Å²) in [4.78, 5) is 18.1. The standard InChI is InChI=1S/C22H23N5O3/c1-13-17(19-24-25-21(30-19)22(29-3)11-7-8-12-22)20(28)27-18(23-13)16(14(2)26-27)15-9-5-4-6-10-15/h4-6,9-10,26H,7-8,11-12H2,1-3H3. The summed E-state index contributed by atoms with van der Waals surface area (Å²) in [6.45, 7) is 3.72. The number of aromatic nitrogens is 5. The minimum atomic E-state index is -0.559. The summed E-state index contributed by atoms with van der Waals surface area (Å²) in [5.41, 5.74) is 3.35. The first kappa shape index (κ1) is 18.7. The summed E-state index contributed by atoms with van der Waals surface area (Å²) in [5, 5.41) is 11.5. The molecule has 0 aliphatic heterocycles. The molecule has 3 aromatic heterocycles. The fourth-order valence-corrected chi connectivity index (χ4v) is 4.45. The molecule has 1 aromatic carbocycles. The van der Waals surface area contributed by atoms with Crippen LogP contribution in [-0.4, -0.2) is 31.9 Å². The third kappa shape index (κ3) is 2.71. The molecule has 1 aliphatic carbocycles. The molecule has 0 saturated heterocycles. The van der Waals surface area contributed by atoms with E-state index in [1.54, 1.807) is 14.0 Å². The number of ether oxygens (including phenoxy) is 1. The van der Waals surface area contributed by atoms with Gasteiger partial charge in [0.05, 0.1) is 5.69 Å². The monoisotopic (exact) mass is 405 g/mol. The minimum Gasteiger partial charge on any atom is -0.417 e. The van der Waals surface area contributed by atoms with Crippen LogP contribution in [-0.2, 0) is 10.3 Å². The van der Waals surface area contributed by atoms with Crippen LogP contribution in [0.1, 0.15) is 43.0 Å². The minimum absolute atomic E-state index is 0.172. The Hall–Kier alpha value is -3.26. The Bertz CT molecular complexity index is 1280. The van der Waals surface area contributed by atoms with E-state index in [4.69, 9.17) is 14.1 Å². The van der Waals surface area contributed by atoms with E-state index in [0.717, 1.165) is 42.5 Å². The second-order valence-corrected chi connectivity index (χ2v) is 7.83. The lowest BCUT2D eigenvalue weighted by atomic mass is 10.0. The Labute approximate surface area is 172 Å². The molecule has 1 N–H and O–H groups in total. The SMILES string of the molecule is COC1(c2nnc(-c3c(C)nc4c(-c5ccccc5)c(C)[nH]n4c3=O)o2)CCCC1. The molecule has 0 unspecified atom stereocenters. The first-order chi connectivity index (χ1) is 14.5. The zero-order valence-electron chi connectivity index (χ0n) is 17.2. The molecule has 0 atom stereocenters. The summed E-state index contributed by atoms with van der Waals surface area (Å²) in [5.74, 6) is 0.597. The van der Waals surface area contributed by atoms with Gasteiger partial charge in [-0.1, -0.05) is 30.3 Å². The van der Waals surface area contributed by atoms with E-state index >= 15 is 0 Å². The molecule has 30 heavy (non-hydrogen) atoms. The van der Waals surface area contributed by atoms with Gasteiger partial charge in [0, 0.05) is 18.4 Å². The largest absolute Gasteiger partial charge is 0.417 e. The Morgan fingerprint density at radius 2 is 1.83 bits per heavy atom. The molecule has 8 heteroatoms. The smallest absolute Gasteiger partial charge is 0.285 e. The maximum Gasteiger partial charge on any atom is 0.285 e. The van der Waals surface area contributed by atoms with E-state index in [9.17, 15) is 4.79 Å². The van der Waals surface area contributed by atoms with Crippen molar-refractivity contribution in [1.29, 1.82) is 0 Å². The van der Waals surface area contributed by atoms with Crippen LogP contribution < -0.4 is 5.56 Å². The van der Waals surface area contributed by atoms with E-state index in [-0.39, 0.29) is 11.4 Å². The summed E-state index contributed by atoms with van der Waals surface area (Å²) < 4.78 is 13.1. The molecule has 1 aliphatic rings. The lowest BCUT2D eigenvalue weighted by Crippen LogP contribution is -2.24. The normalized spacial score (nSPS) is 15.8. The zero-order chi connectivity index (χ0) is 20.9. The van der Waals surface area contributed by atoms with Crippen molar-refractivity contribution in [1.82, 2.24) is 24.8 Å². The van der Waals surface area contributed by atoms with Crippen LogP contribution in [0.4, 0.5) is 0 Å². The van der Waals surface area contributed by atoms with Crippen molar-refractivity contribution in [3.05, 3.63) is 58.0 Å². The van der Waals surface area contributed by atoms with Crippen molar-refractivity contribution in [2.45, 2.75) is 45.1 Å². The molecule has 154 valence electrons. The highest BCUT2D eigenvalue weighted by Crippen LogP contribution is 2.41. The van der Waals surface area contributed by atoms with Crippen LogP contribution in [0.15, 0.2) is 39.5 Å². The summed E-state index contributed by atoms with van der Waals surface area (Å²) in [7, 11) is 1.66. The van der Waals surface area contributed by atoms with E-state index in [1.807, 2.05) is 37.3 Å². The van der Waals surface area contributed by atoms with E-state index in [1.165, 1.54) is 4.52 Å².